The molecule has 0 bridgehead atoms. The van der Waals surface area contributed by atoms with Crippen LogP contribution in [0.25, 0.3) is 11.2 Å². The van der Waals surface area contributed by atoms with Crippen LogP contribution in [0.3, 0.4) is 0 Å². The molecule has 0 aliphatic carbocycles. The monoisotopic (exact) mass is 264 g/mol. The van der Waals surface area contributed by atoms with Crippen molar-refractivity contribution in [3.05, 3.63) is 26.7 Å². The fourth-order valence-corrected chi connectivity index (χ4v) is 2.10. The van der Waals surface area contributed by atoms with Gasteiger partial charge < -0.3 is 4.57 Å². The average Bonchev–Trinajstić information content (AvgIpc) is 2.79. The summed E-state index contributed by atoms with van der Waals surface area (Å²) in [5, 5.41) is 0. The van der Waals surface area contributed by atoms with E-state index in [2.05, 4.69) is 4.98 Å². The molecule has 0 saturated carbocycles. The third-order valence-electron chi connectivity index (χ3n) is 3.22. The molecule has 0 aromatic carbocycles. The Hall–Kier alpha value is -2.18. The van der Waals surface area contributed by atoms with Gasteiger partial charge in [-0.2, -0.15) is 0 Å². The predicted molar refractivity (Wildman–Crippen MR) is 70.5 cm³/mol. The van der Waals surface area contributed by atoms with E-state index in [1.54, 1.807) is 4.57 Å². The molecule has 0 spiro atoms. The van der Waals surface area contributed by atoms with E-state index >= 15 is 0 Å². The van der Waals surface area contributed by atoms with Gasteiger partial charge in [0.05, 0.1) is 0 Å². The number of rotatable bonds is 4. The quantitative estimate of drug-likeness (QED) is 0.731. The summed E-state index contributed by atoms with van der Waals surface area (Å²) >= 11 is 0. The minimum absolute atomic E-state index is 0.182. The maximum absolute atomic E-state index is 12.2. The van der Waals surface area contributed by atoms with Crippen molar-refractivity contribution in [3.63, 3.8) is 0 Å². The maximum Gasteiger partial charge on any atom is 0.332 e. The topological polar surface area (TPSA) is 78.9 Å². The van der Waals surface area contributed by atoms with Crippen LogP contribution in [0.2, 0.25) is 0 Å². The number of nitrogens with zero attached hydrogens (tertiary/aromatic N) is 4. The summed E-state index contributed by atoms with van der Waals surface area (Å²) in [6, 6.07) is 0. The molecule has 7 heteroatoms. The van der Waals surface area contributed by atoms with Crippen LogP contribution in [0.1, 0.15) is 30.4 Å². The molecule has 0 fully saturated rings. The molecular formula is C12H16N4O3. The Morgan fingerprint density at radius 2 is 1.89 bits per heavy atom. The third-order valence-corrected chi connectivity index (χ3v) is 3.22. The number of aromatic nitrogens is 4. The van der Waals surface area contributed by atoms with Crippen LogP contribution >= 0.6 is 0 Å². The van der Waals surface area contributed by atoms with E-state index in [-0.39, 0.29) is 11.5 Å². The second-order valence-electron chi connectivity index (χ2n) is 4.47. The van der Waals surface area contributed by atoms with E-state index in [1.807, 2.05) is 6.92 Å². The van der Waals surface area contributed by atoms with Gasteiger partial charge in [0.25, 0.3) is 5.56 Å². The Morgan fingerprint density at radius 3 is 2.47 bits per heavy atom. The fraction of sp³-hybridized carbons (Fsp3) is 0.500. The van der Waals surface area contributed by atoms with Crippen molar-refractivity contribution in [1.29, 1.82) is 0 Å². The highest BCUT2D eigenvalue weighted by molar-refractivity contribution is 5.80. The summed E-state index contributed by atoms with van der Waals surface area (Å²) < 4.78 is 3.90. The van der Waals surface area contributed by atoms with Crippen LogP contribution in [0.15, 0.2) is 9.59 Å². The second-order valence-corrected chi connectivity index (χ2v) is 4.47. The van der Waals surface area contributed by atoms with Crippen LogP contribution in [0.5, 0.6) is 0 Å². The van der Waals surface area contributed by atoms with Crippen molar-refractivity contribution < 1.29 is 4.79 Å². The summed E-state index contributed by atoms with van der Waals surface area (Å²) in [4.78, 5) is 39.2. The lowest BCUT2D eigenvalue weighted by Crippen LogP contribution is -2.37. The highest BCUT2D eigenvalue weighted by Crippen LogP contribution is 2.11. The van der Waals surface area contributed by atoms with Gasteiger partial charge in [0.2, 0.25) is 0 Å². The molecular weight excluding hydrogens is 248 g/mol. The van der Waals surface area contributed by atoms with Gasteiger partial charge in [-0.1, -0.05) is 13.3 Å². The first kappa shape index (κ1) is 13.3. The number of carbonyl (C=O) groups is 1. The number of unbranched alkanes of at least 4 members (excludes halogenated alkanes) is 1. The maximum atomic E-state index is 12.2. The molecule has 102 valence electrons. The first-order valence-electron chi connectivity index (χ1n) is 6.14. The Morgan fingerprint density at radius 1 is 1.21 bits per heavy atom. The number of carbonyl (C=O) groups excluding carboxylic acids is 1. The van der Waals surface area contributed by atoms with E-state index in [0.29, 0.717) is 18.3 Å². The summed E-state index contributed by atoms with van der Waals surface area (Å²) in [5.41, 5.74) is -0.309. The molecule has 0 atom stereocenters. The molecule has 2 heterocycles. The molecule has 0 N–H and O–H groups in total. The largest absolute Gasteiger partial charge is 0.332 e. The SMILES string of the molecule is CCCCn1c(C=O)nc2c1c(=O)n(C)c(=O)n2C. The van der Waals surface area contributed by atoms with Gasteiger partial charge in [0, 0.05) is 20.6 Å². The minimum Gasteiger partial charge on any atom is -0.316 e. The van der Waals surface area contributed by atoms with Gasteiger partial charge in [-0.25, -0.2) is 9.78 Å². The van der Waals surface area contributed by atoms with Gasteiger partial charge in [-0.15, -0.1) is 0 Å². The fourth-order valence-electron chi connectivity index (χ4n) is 2.10. The van der Waals surface area contributed by atoms with Gasteiger partial charge in [0.15, 0.2) is 23.3 Å². The van der Waals surface area contributed by atoms with Gasteiger partial charge in [-0.05, 0) is 6.42 Å². The van der Waals surface area contributed by atoms with Gasteiger partial charge in [0.1, 0.15) is 0 Å². The standard InChI is InChI=1S/C12H16N4O3/c1-4-5-6-16-8(7-17)13-10-9(16)11(18)15(3)12(19)14(10)2/h7H,4-6H2,1-3H3. The molecule has 2 aromatic rings. The zero-order chi connectivity index (χ0) is 14.2. The Bertz CT molecular complexity index is 751. The number of hydrogen-bond donors (Lipinski definition) is 0. The molecule has 0 aliphatic heterocycles. The van der Waals surface area contributed by atoms with Crippen LogP contribution in [-0.4, -0.2) is 25.0 Å². The van der Waals surface area contributed by atoms with Crippen molar-refractivity contribution in [1.82, 2.24) is 18.7 Å². The van der Waals surface area contributed by atoms with Crippen LogP contribution < -0.4 is 11.2 Å². The van der Waals surface area contributed by atoms with E-state index in [9.17, 15) is 14.4 Å². The van der Waals surface area contributed by atoms with Crippen molar-refractivity contribution in [2.24, 2.45) is 14.1 Å². The molecule has 0 saturated heterocycles. The number of hydrogen-bond acceptors (Lipinski definition) is 4. The van der Waals surface area contributed by atoms with Crippen molar-refractivity contribution >= 4 is 17.5 Å². The molecule has 0 amide bonds. The summed E-state index contributed by atoms with van der Waals surface area (Å²) in [5.74, 6) is 0.182. The molecule has 0 unspecified atom stereocenters. The first-order valence-corrected chi connectivity index (χ1v) is 6.14. The van der Waals surface area contributed by atoms with E-state index < -0.39 is 11.2 Å². The van der Waals surface area contributed by atoms with Crippen LogP contribution in [0.4, 0.5) is 0 Å². The number of aryl methyl sites for hydroxylation is 2. The number of fused-ring (bicyclic) bond motifs is 1. The zero-order valence-corrected chi connectivity index (χ0v) is 11.2. The predicted octanol–water partition coefficient (Wildman–Crippen LogP) is 0.0463. The summed E-state index contributed by atoms with van der Waals surface area (Å²) in [6.45, 7) is 2.56. The van der Waals surface area contributed by atoms with E-state index in [1.165, 1.54) is 18.7 Å². The number of imidazole rings is 1. The number of aldehydes is 1. The lowest BCUT2D eigenvalue weighted by Gasteiger charge is -2.06. The van der Waals surface area contributed by atoms with Crippen molar-refractivity contribution in [3.8, 4) is 0 Å². The summed E-state index contributed by atoms with van der Waals surface area (Å²) in [6.07, 6.45) is 2.38. The van der Waals surface area contributed by atoms with Crippen LogP contribution in [0, 0.1) is 0 Å². The van der Waals surface area contributed by atoms with Crippen molar-refractivity contribution in [2.75, 3.05) is 0 Å². The average molecular weight is 264 g/mol. The minimum atomic E-state index is -0.449. The second kappa shape index (κ2) is 4.83. The molecule has 0 aliphatic rings. The zero-order valence-electron chi connectivity index (χ0n) is 11.2. The molecule has 19 heavy (non-hydrogen) atoms. The van der Waals surface area contributed by atoms with E-state index in [4.69, 9.17) is 0 Å². The van der Waals surface area contributed by atoms with E-state index in [0.717, 1.165) is 17.4 Å². The van der Waals surface area contributed by atoms with Crippen molar-refractivity contribution in [2.45, 2.75) is 26.3 Å². The third kappa shape index (κ3) is 1.91. The highest BCUT2D eigenvalue weighted by Gasteiger charge is 2.18. The lowest BCUT2D eigenvalue weighted by molar-refractivity contribution is 0.111. The van der Waals surface area contributed by atoms with Gasteiger partial charge in [-0.3, -0.25) is 18.7 Å². The molecule has 2 rings (SSSR count). The summed E-state index contributed by atoms with van der Waals surface area (Å²) in [7, 11) is 2.96. The lowest BCUT2D eigenvalue weighted by atomic mass is 10.3. The Labute approximate surface area is 109 Å². The Balaban J connectivity index is 2.90. The molecule has 0 radical (unpaired) electrons. The molecule has 2 aromatic heterocycles. The van der Waals surface area contributed by atoms with Crippen LogP contribution in [-0.2, 0) is 20.6 Å². The van der Waals surface area contributed by atoms with Gasteiger partial charge >= 0.3 is 5.69 Å². The molecule has 7 nitrogen and oxygen atoms in total. The Kier molecular flexibility index (Phi) is 3.37. The first-order chi connectivity index (χ1) is 9.02. The smallest absolute Gasteiger partial charge is 0.316 e. The highest BCUT2D eigenvalue weighted by atomic mass is 16.2. The normalized spacial score (nSPS) is 11.1.